The van der Waals surface area contributed by atoms with Crippen molar-refractivity contribution in [3.63, 3.8) is 0 Å². The Morgan fingerprint density at radius 2 is 2.12 bits per heavy atom. The molecule has 0 saturated carbocycles. The maximum atomic E-state index is 12.3. The Balaban J connectivity index is 2.69. The topological polar surface area (TPSA) is 51.2 Å². The van der Waals surface area contributed by atoms with Crippen molar-refractivity contribution in [3.05, 3.63) is 24.0 Å². The van der Waals surface area contributed by atoms with Crippen molar-refractivity contribution in [1.82, 2.24) is 4.98 Å². The number of hydrogen-bond acceptors (Lipinski definition) is 3. The summed E-state index contributed by atoms with van der Waals surface area (Å²) in [5, 5.41) is 2.36. The number of ether oxygens (including phenoxy) is 1. The summed E-state index contributed by atoms with van der Waals surface area (Å²) in [7, 11) is 0. The number of hydrogen-bond donors (Lipinski definition) is 1. The molecule has 0 radical (unpaired) electrons. The Morgan fingerprint density at radius 3 is 2.65 bits per heavy atom. The fraction of sp³-hybridized carbons (Fsp3) is 0.455. The van der Waals surface area contributed by atoms with E-state index in [-0.39, 0.29) is 5.69 Å². The molecule has 0 atom stereocenters. The van der Waals surface area contributed by atoms with E-state index in [0.29, 0.717) is 0 Å². The second-order valence-corrected chi connectivity index (χ2v) is 4.40. The highest BCUT2D eigenvalue weighted by atomic mass is 19.3. The molecule has 1 heterocycles. The van der Waals surface area contributed by atoms with Gasteiger partial charge in [-0.1, -0.05) is 0 Å². The lowest BCUT2D eigenvalue weighted by Crippen LogP contribution is -2.27. The van der Waals surface area contributed by atoms with Gasteiger partial charge in [-0.25, -0.2) is 13.6 Å². The van der Waals surface area contributed by atoms with E-state index in [4.69, 9.17) is 4.74 Å². The first-order valence-electron chi connectivity index (χ1n) is 5.02. The third-order valence-corrected chi connectivity index (χ3v) is 1.65. The fourth-order valence-electron chi connectivity index (χ4n) is 1.07. The first-order chi connectivity index (χ1) is 7.78. The second kappa shape index (κ2) is 5.07. The molecular weight excluding hydrogens is 230 g/mol. The summed E-state index contributed by atoms with van der Waals surface area (Å²) < 4.78 is 29.7. The van der Waals surface area contributed by atoms with Crippen LogP contribution in [-0.2, 0) is 4.74 Å². The molecule has 0 aliphatic heterocycles. The first-order valence-corrected chi connectivity index (χ1v) is 5.02. The van der Waals surface area contributed by atoms with Gasteiger partial charge >= 0.3 is 6.09 Å². The molecule has 4 nitrogen and oxygen atoms in total. The van der Waals surface area contributed by atoms with Crippen LogP contribution in [0, 0.1) is 0 Å². The zero-order valence-corrected chi connectivity index (χ0v) is 9.83. The van der Waals surface area contributed by atoms with E-state index in [1.54, 1.807) is 20.8 Å². The van der Waals surface area contributed by atoms with E-state index < -0.39 is 23.8 Å². The number of carbonyl (C=O) groups excluding carboxylic acids is 1. The summed E-state index contributed by atoms with van der Waals surface area (Å²) in [6.07, 6.45) is -2.16. The number of rotatable bonds is 2. The zero-order valence-electron chi connectivity index (χ0n) is 9.83. The van der Waals surface area contributed by atoms with Crippen molar-refractivity contribution >= 4 is 11.8 Å². The molecule has 94 valence electrons. The van der Waals surface area contributed by atoms with E-state index in [1.807, 2.05) is 0 Å². The highest BCUT2D eigenvalue weighted by Crippen LogP contribution is 2.19. The standard InChI is InChI=1S/C11H14F2N2O2/c1-11(2,3)17-10(16)15-7-4-5-14-8(6-7)9(12)13/h4-6,9H,1-3H3,(H,14,15,16). The van der Waals surface area contributed by atoms with Crippen molar-refractivity contribution in [2.24, 2.45) is 0 Å². The summed E-state index contributed by atoms with van der Waals surface area (Å²) in [5.41, 5.74) is -0.800. The summed E-state index contributed by atoms with van der Waals surface area (Å²) in [6, 6.07) is 2.52. The minimum atomic E-state index is -2.67. The molecule has 0 fully saturated rings. The average Bonchev–Trinajstić information content (AvgIpc) is 2.14. The quantitative estimate of drug-likeness (QED) is 0.867. The van der Waals surface area contributed by atoms with Crippen LogP contribution in [0.15, 0.2) is 18.3 Å². The molecule has 1 aromatic rings. The van der Waals surface area contributed by atoms with Crippen molar-refractivity contribution in [1.29, 1.82) is 0 Å². The smallest absolute Gasteiger partial charge is 0.412 e. The largest absolute Gasteiger partial charge is 0.444 e. The minimum Gasteiger partial charge on any atom is -0.444 e. The number of anilines is 1. The number of halogens is 2. The molecule has 0 unspecified atom stereocenters. The summed E-state index contributed by atoms with van der Waals surface area (Å²) >= 11 is 0. The van der Waals surface area contributed by atoms with Gasteiger partial charge in [0.15, 0.2) is 0 Å². The SMILES string of the molecule is CC(C)(C)OC(=O)Nc1ccnc(C(F)F)c1. The molecule has 1 aromatic heterocycles. The van der Waals surface area contributed by atoms with Crippen LogP contribution in [-0.4, -0.2) is 16.7 Å². The Morgan fingerprint density at radius 1 is 1.47 bits per heavy atom. The maximum Gasteiger partial charge on any atom is 0.412 e. The number of amides is 1. The van der Waals surface area contributed by atoms with Crippen molar-refractivity contribution in [2.75, 3.05) is 5.32 Å². The lowest BCUT2D eigenvalue weighted by atomic mass is 10.2. The molecule has 0 aliphatic rings. The monoisotopic (exact) mass is 244 g/mol. The Kier molecular flexibility index (Phi) is 3.98. The van der Waals surface area contributed by atoms with Gasteiger partial charge in [0, 0.05) is 11.9 Å². The van der Waals surface area contributed by atoms with Crippen LogP contribution < -0.4 is 5.32 Å². The Bertz CT molecular complexity index is 403. The summed E-state index contributed by atoms with van der Waals surface area (Å²) in [4.78, 5) is 14.8. The van der Waals surface area contributed by atoms with Crippen LogP contribution in [0.1, 0.15) is 32.9 Å². The van der Waals surface area contributed by atoms with E-state index in [9.17, 15) is 13.6 Å². The van der Waals surface area contributed by atoms with Crippen LogP contribution in [0.2, 0.25) is 0 Å². The molecule has 0 spiro atoms. The maximum absolute atomic E-state index is 12.3. The van der Waals surface area contributed by atoms with Crippen LogP contribution >= 0.6 is 0 Å². The number of carbonyl (C=O) groups is 1. The molecule has 17 heavy (non-hydrogen) atoms. The van der Waals surface area contributed by atoms with Gasteiger partial charge in [0.2, 0.25) is 0 Å². The second-order valence-electron chi connectivity index (χ2n) is 4.40. The van der Waals surface area contributed by atoms with Crippen LogP contribution in [0.3, 0.4) is 0 Å². The summed E-state index contributed by atoms with van der Waals surface area (Å²) in [6.45, 7) is 5.14. The van der Waals surface area contributed by atoms with Gasteiger partial charge in [-0.2, -0.15) is 0 Å². The lowest BCUT2D eigenvalue weighted by Gasteiger charge is -2.19. The van der Waals surface area contributed by atoms with E-state index in [2.05, 4.69) is 10.3 Å². The highest BCUT2D eigenvalue weighted by molar-refractivity contribution is 5.84. The minimum absolute atomic E-state index is 0.226. The predicted molar refractivity (Wildman–Crippen MR) is 59.1 cm³/mol. The molecule has 1 rings (SSSR count). The van der Waals surface area contributed by atoms with Gasteiger partial charge in [-0.3, -0.25) is 10.3 Å². The number of nitrogens with one attached hydrogen (secondary N) is 1. The Labute approximate surface area is 98.0 Å². The molecular formula is C11H14F2N2O2. The molecule has 1 amide bonds. The third kappa shape index (κ3) is 4.76. The fourth-order valence-corrected chi connectivity index (χ4v) is 1.07. The van der Waals surface area contributed by atoms with E-state index >= 15 is 0 Å². The molecule has 0 saturated heterocycles. The van der Waals surface area contributed by atoms with E-state index in [1.165, 1.54) is 12.3 Å². The lowest BCUT2D eigenvalue weighted by molar-refractivity contribution is 0.0635. The van der Waals surface area contributed by atoms with Gasteiger partial charge in [-0.05, 0) is 32.9 Å². The number of pyridine rings is 1. The van der Waals surface area contributed by atoms with Crippen LogP contribution in [0.4, 0.5) is 19.3 Å². The van der Waals surface area contributed by atoms with Gasteiger partial charge in [0.1, 0.15) is 11.3 Å². The molecule has 6 heteroatoms. The van der Waals surface area contributed by atoms with E-state index in [0.717, 1.165) is 6.07 Å². The van der Waals surface area contributed by atoms with Gasteiger partial charge in [0.25, 0.3) is 6.43 Å². The molecule has 0 bridgehead atoms. The van der Waals surface area contributed by atoms with Crippen molar-refractivity contribution in [3.8, 4) is 0 Å². The molecule has 0 aliphatic carbocycles. The van der Waals surface area contributed by atoms with Crippen LogP contribution in [0.25, 0.3) is 0 Å². The first kappa shape index (κ1) is 13.3. The van der Waals surface area contributed by atoms with Gasteiger partial charge in [0.05, 0.1) is 0 Å². The zero-order chi connectivity index (χ0) is 13.1. The Hall–Kier alpha value is -1.72. The summed E-state index contributed by atoms with van der Waals surface area (Å²) in [5.74, 6) is 0. The number of aromatic nitrogens is 1. The highest BCUT2D eigenvalue weighted by Gasteiger charge is 2.17. The van der Waals surface area contributed by atoms with Gasteiger partial charge in [-0.15, -0.1) is 0 Å². The van der Waals surface area contributed by atoms with Crippen molar-refractivity contribution in [2.45, 2.75) is 32.8 Å². The van der Waals surface area contributed by atoms with Crippen molar-refractivity contribution < 1.29 is 18.3 Å². The normalized spacial score (nSPS) is 11.4. The number of alkyl halides is 2. The molecule has 0 aromatic carbocycles. The number of nitrogens with zero attached hydrogens (tertiary/aromatic N) is 1. The predicted octanol–water partition coefficient (Wildman–Crippen LogP) is 3.37. The third-order valence-electron chi connectivity index (χ3n) is 1.65. The molecule has 1 N–H and O–H groups in total. The van der Waals surface area contributed by atoms with Crippen LogP contribution in [0.5, 0.6) is 0 Å². The average molecular weight is 244 g/mol. The van der Waals surface area contributed by atoms with Gasteiger partial charge < -0.3 is 4.74 Å².